The van der Waals surface area contributed by atoms with E-state index in [1.54, 1.807) is 11.9 Å². The molecule has 5 N–H and O–H groups in total. The van der Waals surface area contributed by atoms with Crippen molar-refractivity contribution >= 4 is 34.2 Å². The van der Waals surface area contributed by atoms with Gasteiger partial charge in [0.2, 0.25) is 5.91 Å². The standard InChI is InChI=1S/C9H15N5O2S/c1-3-14(2)5(15)4-12-9-6(8(11)16)7(10)13-17-9/h12H,3-4H2,1-2H3,(H2,10,13)(H2,11,16). The van der Waals surface area contributed by atoms with Gasteiger partial charge < -0.3 is 21.7 Å². The third-order valence-corrected chi connectivity index (χ3v) is 3.08. The Morgan fingerprint density at radius 1 is 1.53 bits per heavy atom. The Balaban J connectivity index is 2.70. The van der Waals surface area contributed by atoms with E-state index in [9.17, 15) is 9.59 Å². The van der Waals surface area contributed by atoms with E-state index < -0.39 is 5.91 Å². The largest absolute Gasteiger partial charge is 0.382 e. The number of aromatic nitrogens is 1. The predicted octanol–water partition coefficient (Wildman–Crippen LogP) is -0.286. The molecule has 0 spiro atoms. The number of carbonyl (C=O) groups is 2. The van der Waals surface area contributed by atoms with Crippen LogP contribution in [0.5, 0.6) is 0 Å². The summed E-state index contributed by atoms with van der Waals surface area (Å²) in [5, 5.41) is 3.24. The first-order valence-electron chi connectivity index (χ1n) is 5.00. The van der Waals surface area contributed by atoms with Gasteiger partial charge in [-0.2, -0.15) is 4.37 Å². The van der Waals surface area contributed by atoms with Crippen LogP contribution < -0.4 is 16.8 Å². The molecule has 0 aliphatic heterocycles. The number of nitrogens with one attached hydrogen (secondary N) is 1. The van der Waals surface area contributed by atoms with Crippen molar-refractivity contribution in [1.29, 1.82) is 0 Å². The lowest BCUT2D eigenvalue weighted by Crippen LogP contribution is -2.32. The van der Waals surface area contributed by atoms with Gasteiger partial charge in [0.1, 0.15) is 10.6 Å². The highest BCUT2D eigenvalue weighted by Crippen LogP contribution is 2.25. The minimum absolute atomic E-state index is 0.0756. The molecule has 0 unspecified atom stereocenters. The Labute approximate surface area is 103 Å². The average Bonchev–Trinajstić information content (AvgIpc) is 2.66. The number of rotatable bonds is 5. The number of carbonyl (C=O) groups excluding carboxylic acids is 2. The van der Waals surface area contributed by atoms with Crippen molar-refractivity contribution in [3.05, 3.63) is 5.56 Å². The molecule has 0 fully saturated rings. The van der Waals surface area contributed by atoms with Crippen LogP contribution in [0.3, 0.4) is 0 Å². The minimum atomic E-state index is -0.657. The van der Waals surface area contributed by atoms with Gasteiger partial charge in [-0.3, -0.25) is 9.59 Å². The number of likely N-dealkylation sites (N-methyl/N-ethyl adjacent to an activating group) is 1. The smallest absolute Gasteiger partial charge is 0.255 e. The SMILES string of the molecule is CCN(C)C(=O)CNc1snc(N)c1C(N)=O. The zero-order chi connectivity index (χ0) is 13.0. The van der Waals surface area contributed by atoms with Crippen LogP contribution in [-0.4, -0.2) is 41.2 Å². The second-order valence-electron chi connectivity index (χ2n) is 3.40. The molecule has 1 rings (SSSR count). The topological polar surface area (TPSA) is 114 Å². The molecule has 1 aromatic heterocycles. The molecule has 0 aliphatic carbocycles. The van der Waals surface area contributed by atoms with Crippen LogP contribution in [0.4, 0.5) is 10.8 Å². The molecule has 0 aliphatic rings. The van der Waals surface area contributed by atoms with Gasteiger partial charge in [-0.1, -0.05) is 0 Å². The van der Waals surface area contributed by atoms with Gasteiger partial charge in [-0.25, -0.2) is 0 Å². The highest BCUT2D eigenvalue weighted by Gasteiger charge is 2.17. The van der Waals surface area contributed by atoms with Gasteiger partial charge in [0, 0.05) is 13.6 Å². The normalized spacial score (nSPS) is 10.0. The maximum Gasteiger partial charge on any atom is 0.255 e. The lowest BCUT2D eigenvalue weighted by molar-refractivity contribution is -0.127. The summed E-state index contributed by atoms with van der Waals surface area (Å²) >= 11 is 1.01. The fourth-order valence-electron chi connectivity index (χ4n) is 1.13. The molecule has 0 radical (unpaired) electrons. The molecule has 1 aromatic rings. The molecular formula is C9H15N5O2S. The quantitative estimate of drug-likeness (QED) is 0.671. The molecule has 0 saturated carbocycles. The second kappa shape index (κ2) is 5.48. The van der Waals surface area contributed by atoms with E-state index in [1.807, 2.05) is 6.92 Å². The van der Waals surface area contributed by atoms with Crippen molar-refractivity contribution in [2.75, 3.05) is 31.2 Å². The van der Waals surface area contributed by atoms with E-state index >= 15 is 0 Å². The highest BCUT2D eigenvalue weighted by molar-refractivity contribution is 7.11. The summed E-state index contributed by atoms with van der Waals surface area (Å²) in [5.41, 5.74) is 10.8. The fourth-order valence-corrected chi connectivity index (χ4v) is 1.84. The maximum atomic E-state index is 11.5. The minimum Gasteiger partial charge on any atom is -0.382 e. The first kappa shape index (κ1) is 13.2. The van der Waals surface area contributed by atoms with E-state index in [-0.39, 0.29) is 23.8 Å². The first-order chi connectivity index (χ1) is 7.97. The average molecular weight is 257 g/mol. The molecule has 0 atom stereocenters. The van der Waals surface area contributed by atoms with Gasteiger partial charge in [-0.05, 0) is 18.5 Å². The zero-order valence-corrected chi connectivity index (χ0v) is 10.5. The van der Waals surface area contributed by atoms with Crippen molar-refractivity contribution in [3.8, 4) is 0 Å². The van der Waals surface area contributed by atoms with Crippen molar-refractivity contribution in [1.82, 2.24) is 9.27 Å². The number of hydrogen-bond donors (Lipinski definition) is 3. The molecule has 2 amide bonds. The van der Waals surface area contributed by atoms with E-state index in [0.29, 0.717) is 11.5 Å². The molecule has 0 saturated heterocycles. The first-order valence-corrected chi connectivity index (χ1v) is 5.77. The summed E-state index contributed by atoms with van der Waals surface area (Å²) in [6.45, 7) is 2.57. The molecular weight excluding hydrogens is 242 g/mol. The third-order valence-electron chi connectivity index (χ3n) is 2.27. The zero-order valence-electron chi connectivity index (χ0n) is 9.69. The molecule has 1 heterocycles. The van der Waals surface area contributed by atoms with E-state index in [1.165, 1.54) is 0 Å². The second-order valence-corrected chi connectivity index (χ2v) is 4.17. The maximum absolute atomic E-state index is 11.5. The number of hydrogen-bond acceptors (Lipinski definition) is 6. The van der Waals surface area contributed by atoms with Gasteiger partial charge in [0.05, 0.1) is 6.54 Å². The Kier molecular flexibility index (Phi) is 4.27. The summed E-state index contributed by atoms with van der Waals surface area (Å²) in [6.07, 6.45) is 0. The predicted molar refractivity (Wildman–Crippen MR) is 66.8 cm³/mol. The van der Waals surface area contributed by atoms with E-state index in [2.05, 4.69) is 9.69 Å². The van der Waals surface area contributed by atoms with Crippen molar-refractivity contribution in [2.24, 2.45) is 5.73 Å². The van der Waals surface area contributed by atoms with Crippen LogP contribution in [-0.2, 0) is 4.79 Å². The van der Waals surface area contributed by atoms with Gasteiger partial charge in [0.15, 0.2) is 5.82 Å². The number of amides is 2. The number of primary amides is 1. The molecule has 0 bridgehead atoms. The summed E-state index contributed by atoms with van der Waals surface area (Å²) < 4.78 is 3.81. The number of nitrogen functional groups attached to an aromatic ring is 1. The number of nitrogens with two attached hydrogens (primary N) is 2. The highest BCUT2D eigenvalue weighted by atomic mass is 32.1. The summed E-state index contributed by atoms with van der Waals surface area (Å²) in [6, 6.07) is 0. The summed E-state index contributed by atoms with van der Waals surface area (Å²) in [7, 11) is 1.69. The number of anilines is 2. The van der Waals surface area contributed by atoms with Crippen molar-refractivity contribution < 1.29 is 9.59 Å². The molecule has 0 aromatic carbocycles. The lowest BCUT2D eigenvalue weighted by atomic mass is 10.3. The van der Waals surface area contributed by atoms with Crippen molar-refractivity contribution in [2.45, 2.75) is 6.92 Å². The summed E-state index contributed by atoms with van der Waals surface area (Å²) in [5.74, 6) is -0.661. The van der Waals surface area contributed by atoms with Crippen LogP contribution in [0.15, 0.2) is 0 Å². The molecule has 7 nitrogen and oxygen atoms in total. The van der Waals surface area contributed by atoms with Gasteiger partial charge in [-0.15, -0.1) is 0 Å². The number of nitrogens with zero attached hydrogens (tertiary/aromatic N) is 2. The van der Waals surface area contributed by atoms with E-state index in [4.69, 9.17) is 11.5 Å². The molecule has 8 heteroatoms. The van der Waals surface area contributed by atoms with Crippen molar-refractivity contribution in [3.63, 3.8) is 0 Å². The van der Waals surface area contributed by atoms with Gasteiger partial charge in [0.25, 0.3) is 5.91 Å². The van der Waals surface area contributed by atoms with Crippen LogP contribution in [0, 0.1) is 0 Å². The summed E-state index contributed by atoms with van der Waals surface area (Å²) in [4.78, 5) is 24.2. The van der Waals surface area contributed by atoms with Gasteiger partial charge >= 0.3 is 0 Å². The lowest BCUT2D eigenvalue weighted by Gasteiger charge is -2.14. The third kappa shape index (κ3) is 3.06. The Bertz CT molecular complexity index is 431. The fraction of sp³-hybridized carbons (Fsp3) is 0.444. The van der Waals surface area contributed by atoms with Crippen LogP contribution in [0.25, 0.3) is 0 Å². The van der Waals surface area contributed by atoms with Crippen LogP contribution >= 0.6 is 11.5 Å². The van der Waals surface area contributed by atoms with Crippen LogP contribution in [0.2, 0.25) is 0 Å². The Morgan fingerprint density at radius 2 is 2.18 bits per heavy atom. The molecule has 17 heavy (non-hydrogen) atoms. The molecule has 94 valence electrons. The monoisotopic (exact) mass is 257 g/mol. The van der Waals surface area contributed by atoms with Crippen LogP contribution in [0.1, 0.15) is 17.3 Å². The Hall–Kier alpha value is -1.83. The van der Waals surface area contributed by atoms with E-state index in [0.717, 1.165) is 11.5 Å². The Morgan fingerprint density at radius 3 is 2.71 bits per heavy atom.